The average Bonchev–Trinajstić information content (AvgIpc) is 2.38. The molecule has 0 saturated heterocycles. The van der Waals surface area contributed by atoms with Gasteiger partial charge in [-0.05, 0) is 18.2 Å². The maximum Gasteiger partial charge on any atom is 0.252 e. The summed E-state index contributed by atoms with van der Waals surface area (Å²) in [5.74, 6) is -0.0466. The highest BCUT2D eigenvalue weighted by atomic mass is 35.5. The summed E-state index contributed by atoms with van der Waals surface area (Å²) in [6, 6.07) is 14.3. The molecule has 0 radical (unpaired) electrons. The van der Waals surface area contributed by atoms with Crippen molar-refractivity contribution in [3.8, 4) is 5.75 Å². The third-order valence-corrected chi connectivity index (χ3v) is 2.86. The smallest absolute Gasteiger partial charge is 0.252 e. The van der Waals surface area contributed by atoms with E-state index in [-0.39, 0.29) is 0 Å². The van der Waals surface area contributed by atoms with Crippen molar-refractivity contribution < 1.29 is 9.53 Å². The molecule has 0 atom stereocenters. The second kappa shape index (κ2) is 5.56. The van der Waals surface area contributed by atoms with Gasteiger partial charge in [-0.2, -0.15) is 0 Å². The summed E-state index contributed by atoms with van der Waals surface area (Å²) < 4.78 is 5.58. The predicted molar refractivity (Wildman–Crippen MR) is 70.7 cm³/mol. The lowest BCUT2D eigenvalue weighted by Gasteiger charge is -2.10. The minimum Gasteiger partial charge on any atom is -0.488 e. The van der Waals surface area contributed by atoms with Crippen LogP contribution in [0.5, 0.6) is 5.75 Å². The van der Waals surface area contributed by atoms with Crippen LogP contribution in [0.3, 0.4) is 0 Å². The standard InChI is InChI=1S/C14H12ClNO2/c15-12-7-3-1-5-10(12)9-18-13-8-4-2-6-11(13)14(16)17/h1-8H,9H2,(H2,16,17). The molecule has 4 heteroatoms. The quantitative estimate of drug-likeness (QED) is 0.920. The van der Waals surface area contributed by atoms with Crippen LogP contribution in [0.25, 0.3) is 0 Å². The minimum absolute atomic E-state index is 0.296. The van der Waals surface area contributed by atoms with E-state index in [1.807, 2.05) is 18.2 Å². The summed E-state index contributed by atoms with van der Waals surface area (Å²) in [7, 11) is 0. The number of rotatable bonds is 4. The van der Waals surface area contributed by atoms with E-state index in [0.29, 0.717) is 22.9 Å². The Hall–Kier alpha value is -2.00. The lowest BCUT2D eigenvalue weighted by atomic mass is 10.2. The van der Waals surface area contributed by atoms with E-state index < -0.39 is 5.91 Å². The van der Waals surface area contributed by atoms with Crippen molar-refractivity contribution in [3.05, 3.63) is 64.7 Å². The van der Waals surface area contributed by atoms with Crippen molar-refractivity contribution in [2.45, 2.75) is 6.61 Å². The lowest BCUT2D eigenvalue weighted by Crippen LogP contribution is -2.12. The van der Waals surface area contributed by atoms with Crippen LogP contribution in [-0.2, 0) is 6.61 Å². The number of hydrogen-bond donors (Lipinski definition) is 1. The molecule has 2 N–H and O–H groups in total. The van der Waals surface area contributed by atoms with Crippen molar-refractivity contribution in [2.24, 2.45) is 5.73 Å². The van der Waals surface area contributed by atoms with E-state index in [9.17, 15) is 4.79 Å². The molecular formula is C14H12ClNO2. The number of carbonyl (C=O) groups excluding carboxylic acids is 1. The molecule has 0 aliphatic carbocycles. The third kappa shape index (κ3) is 2.81. The molecule has 2 aromatic rings. The van der Waals surface area contributed by atoms with Gasteiger partial charge in [0.15, 0.2) is 0 Å². The molecule has 0 heterocycles. The van der Waals surface area contributed by atoms with Crippen LogP contribution >= 0.6 is 11.6 Å². The number of halogens is 1. The zero-order valence-corrected chi connectivity index (χ0v) is 10.4. The molecule has 3 nitrogen and oxygen atoms in total. The maximum atomic E-state index is 11.2. The number of primary amides is 1. The second-order valence-electron chi connectivity index (χ2n) is 3.74. The first-order valence-corrected chi connectivity index (χ1v) is 5.81. The highest BCUT2D eigenvalue weighted by molar-refractivity contribution is 6.31. The number of carbonyl (C=O) groups is 1. The van der Waals surface area contributed by atoms with Gasteiger partial charge in [-0.1, -0.05) is 41.9 Å². The first-order chi connectivity index (χ1) is 8.68. The minimum atomic E-state index is -0.509. The SMILES string of the molecule is NC(=O)c1ccccc1OCc1ccccc1Cl. The first kappa shape index (κ1) is 12.5. The van der Waals surface area contributed by atoms with Crippen molar-refractivity contribution in [1.82, 2.24) is 0 Å². The Morgan fingerprint density at radius 1 is 1.11 bits per heavy atom. The largest absolute Gasteiger partial charge is 0.488 e. The summed E-state index contributed by atoms with van der Waals surface area (Å²) in [4.78, 5) is 11.2. The fourth-order valence-electron chi connectivity index (χ4n) is 1.57. The molecule has 0 spiro atoms. The van der Waals surface area contributed by atoms with Gasteiger partial charge < -0.3 is 10.5 Å². The van der Waals surface area contributed by atoms with Crippen molar-refractivity contribution in [1.29, 1.82) is 0 Å². The van der Waals surface area contributed by atoms with Crippen LogP contribution in [0.1, 0.15) is 15.9 Å². The summed E-state index contributed by atoms with van der Waals surface area (Å²) in [6.07, 6.45) is 0. The molecule has 0 aliphatic rings. The number of nitrogens with two attached hydrogens (primary N) is 1. The van der Waals surface area contributed by atoms with Crippen LogP contribution in [-0.4, -0.2) is 5.91 Å². The fraction of sp³-hybridized carbons (Fsp3) is 0.0714. The Morgan fingerprint density at radius 2 is 1.78 bits per heavy atom. The van der Waals surface area contributed by atoms with Crippen molar-refractivity contribution in [2.75, 3.05) is 0 Å². The molecule has 92 valence electrons. The average molecular weight is 262 g/mol. The lowest BCUT2D eigenvalue weighted by molar-refractivity contribution is 0.0996. The molecule has 0 aromatic heterocycles. The number of para-hydroxylation sites is 1. The Bertz CT molecular complexity index is 569. The number of benzene rings is 2. The monoisotopic (exact) mass is 261 g/mol. The summed E-state index contributed by atoms with van der Waals surface area (Å²) in [5, 5.41) is 0.633. The maximum absolute atomic E-state index is 11.2. The zero-order chi connectivity index (χ0) is 13.0. The normalized spacial score (nSPS) is 10.1. The van der Waals surface area contributed by atoms with Gasteiger partial charge in [-0.3, -0.25) is 4.79 Å². The Labute approximate surface area is 110 Å². The van der Waals surface area contributed by atoms with Crippen molar-refractivity contribution >= 4 is 17.5 Å². The molecule has 0 saturated carbocycles. The van der Waals surface area contributed by atoms with E-state index in [1.165, 1.54) is 0 Å². The molecule has 1 amide bonds. The van der Waals surface area contributed by atoms with E-state index in [1.54, 1.807) is 30.3 Å². The van der Waals surface area contributed by atoms with Gasteiger partial charge in [0.1, 0.15) is 12.4 Å². The molecule has 0 fully saturated rings. The Morgan fingerprint density at radius 3 is 2.50 bits per heavy atom. The highest BCUT2D eigenvalue weighted by Gasteiger charge is 2.08. The zero-order valence-electron chi connectivity index (χ0n) is 9.60. The molecule has 18 heavy (non-hydrogen) atoms. The van der Waals surface area contributed by atoms with Crippen LogP contribution in [0.15, 0.2) is 48.5 Å². The van der Waals surface area contributed by atoms with Gasteiger partial charge in [0.2, 0.25) is 0 Å². The molecule has 2 aromatic carbocycles. The van der Waals surface area contributed by atoms with Crippen LogP contribution in [0, 0.1) is 0 Å². The van der Waals surface area contributed by atoms with Gasteiger partial charge in [-0.25, -0.2) is 0 Å². The van der Waals surface area contributed by atoms with Crippen LogP contribution in [0.2, 0.25) is 5.02 Å². The van der Waals surface area contributed by atoms with Gasteiger partial charge in [-0.15, -0.1) is 0 Å². The summed E-state index contributed by atoms with van der Waals surface area (Å²) in [6.45, 7) is 0.296. The van der Waals surface area contributed by atoms with Crippen LogP contribution < -0.4 is 10.5 Å². The molecule has 0 aliphatic heterocycles. The summed E-state index contributed by atoms with van der Waals surface area (Å²) >= 11 is 6.02. The molecule has 2 rings (SSSR count). The van der Waals surface area contributed by atoms with Gasteiger partial charge >= 0.3 is 0 Å². The fourth-order valence-corrected chi connectivity index (χ4v) is 1.76. The number of ether oxygens (including phenoxy) is 1. The van der Waals surface area contributed by atoms with Crippen LogP contribution in [0.4, 0.5) is 0 Å². The third-order valence-electron chi connectivity index (χ3n) is 2.49. The van der Waals surface area contributed by atoms with Gasteiger partial charge in [0, 0.05) is 10.6 Å². The van der Waals surface area contributed by atoms with E-state index in [2.05, 4.69) is 0 Å². The molecule has 0 bridgehead atoms. The highest BCUT2D eigenvalue weighted by Crippen LogP contribution is 2.21. The summed E-state index contributed by atoms with van der Waals surface area (Å²) in [5.41, 5.74) is 6.49. The Kier molecular flexibility index (Phi) is 3.85. The van der Waals surface area contributed by atoms with E-state index >= 15 is 0 Å². The van der Waals surface area contributed by atoms with Gasteiger partial charge in [0.05, 0.1) is 5.56 Å². The number of amides is 1. The second-order valence-corrected chi connectivity index (χ2v) is 4.15. The van der Waals surface area contributed by atoms with E-state index in [0.717, 1.165) is 5.56 Å². The van der Waals surface area contributed by atoms with Crippen molar-refractivity contribution in [3.63, 3.8) is 0 Å². The predicted octanol–water partition coefficient (Wildman–Crippen LogP) is 3.02. The first-order valence-electron chi connectivity index (χ1n) is 5.43. The van der Waals surface area contributed by atoms with Gasteiger partial charge in [0.25, 0.3) is 5.91 Å². The topological polar surface area (TPSA) is 52.3 Å². The molecule has 0 unspecified atom stereocenters. The van der Waals surface area contributed by atoms with E-state index in [4.69, 9.17) is 22.1 Å². The Balaban J connectivity index is 2.16. The molecular weight excluding hydrogens is 250 g/mol. The number of hydrogen-bond acceptors (Lipinski definition) is 2.